The second kappa shape index (κ2) is 7.60. The summed E-state index contributed by atoms with van der Waals surface area (Å²) in [6.07, 6.45) is 1.79. The maximum atomic E-state index is 12.4. The standard InChI is InChI=1S/C18H14BrCl2N3O/c1-11-4-2-3-5-14(11)18(25)22-17-15(19)10-24(23-17)9-12-6-7-13(20)8-16(12)21/h2-8,10H,9H2,1H3,(H,22,23,25). The van der Waals surface area contributed by atoms with Crippen LogP contribution >= 0.6 is 39.1 Å². The molecular weight excluding hydrogens is 425 g/mol. The molecule has 0 radical (unpaired) electrons. The highest BCUT2D eigenvalue weighted by Crippen LogP contribution is 2.25. The summed E-state index contributed by atoms with van der Waals surface area (Å²) in [7, 11) is 0. The third kappa shape index (κ3) is 4.24. The van der Waals surface area contributed by atoms with E-state index < -0.39 is 0 Å². The molecule has 0 unspecified atom stereocenters. The molecule has 0 aliphatic heterocycles. The number of amides is 1. The van der Waals surface area contributed by atoms with Crippen molar-refractivity contribution in [2.75, 3.05) is 5.32 Å². The first-order chi connectivity index (χ1) is 11.9. The van der Waals surface area contributed by atoms with Crippen LogP contribution in [0.15, 0.2) is 53.1 Å². The van der Waals surface area contributed by atoms with Gasteiger partial charge in [0, 0.05) is 21.8 Å². The first-order valence-corrected chi connectivity index (χ1v) is 9.03. The molecule has 0 aliphatic rings. The fraction of sp³-hybridized carbons (Fsp3) is 0.111. The highest BCUT2D eigenvalue weighted by atomic mass is 79.9. The molecule has 0 saturated heterocycles. The number of nitrogens with zero attached hydrogens (tertiary/aromatic N) is 2. The number of aromatic nitrogens is 2. The highest BCUT2D eigenvalue weighted by Gasteiger charge is 2.14. The van der Waals surface area contributed by atoms with Crippen LogP contribution < -0.4 is 5.32 Å². The molecule has 1 N–H and O–H groups in total. The number of carbonyl (C=O) groups excluding carboxylic acids is 1. The summed E-state index contributed by atoms with van der Waals surface area (Å²) in [5.74, 6) is 0.256. The number of benzene rings is 2. The molecule has 1 aromatic heterocycles. The van der Waals surface area contributed by atoms with Gasteiger partial charge in [0.15, 0.2) is 5.82 Å². The molecule has 1 heterocycles. The van der Waals surface area contributed by atoms with Gasteiger partial charge in [-0.3, -0.25) is 9.48 Å². The molecule has 3 aromatic rings. The molecule has 0 saturated carbocycles. The van der Waals surface area contributed by atoms with E-state index in [2.05, 4.69) is 26.3 Å². The van der Waals surface area contributed by atoms with E-state index in [9.17, 15) is 4.79 Å². The average molecular weight is 439 g/mol. The minimum absolute atomic E-state index is 0.200. The van der Waals surface area contributed by atoms with Gasteiger partial charge in [0.2, 0.25) is 0 Å². The molecule has 0 aliphatic carbocycles. The van der Waals surface area contributed by atoms with Gasteiger partial charge in [0.25, 0.3) is 5.91 Å². The number of nitrogens with one attached hydrogen (secondary N) is 1. The largest absolute Gasteiger partial charge is 0.304 e. The van der Waals surface area contributed by atoms with Gasteiger partial charge in [-0.25, -0.2) is 0 Å². The third-order valence-electron chi connectivity index (χ3n) is 3.69. The lowest BCUT2D eigenvalue weighted by atomic mass is 10.1. The zero-order valence-corrected chi connectivity index (χ0v) is 16.4. The van der Waals surface area contributed by atoms with Crippen molar-refractivity contribution >= 4 is 50.9 Å². The molecule has 0 atom stereocenters. The first kappa shape index (κ1) is 18.0. The zero-order valence-electron chi connectivity index (χ0n) is 13.3. The molecule has 128 valence electrons. The van der Waals surface area contributed by atoms with Crippen molar-refractivity contribution in [3.63, 3.8) is 0 Å². The lowest BCUT2D eigenvalue weighted by Crippen LogP contribution is -2.14. The summed E-state index contributed by atoms with van der Waals surface area (Å²) in [5, 5.41) is 8.39. The number of hydrogen-bond donors (Lipinski definition) is 1. The van der Waals surface area contributed by atoms with Crippen molar-refractivity contribution in [1.29, 1.82) is 0 Å². The van der Waals surface area contributed by atoms with Crippen LogP contribution in [0.1, 0.15) is 21.5 Å². The number of hydrogen-bond acceptors (Lipinski definition) is 2. The van der Waals surface area contributed by atoms with Gasteiger partial charge in [0.05, 0.1) is 11.0 Å². The Bertz CT molecular complexity index is 940. The van der Waals surface area contributed by atoms with Crippen molar-refractivity contribution in [1.82, 2.24) is 9.78 Å². The number of aryl methyl sites for hydroxylation is 1. The minimum atomic E-state index is -0.200. The Morgan fingerprint density at radius 3 is 2.72 bits per heavy atom. The fourth-order valence-electron chi connectivity index (χ4n) is 2.39. The van der Waals surface area contributed by atoms with Crippen molar-refractivity contribution in [3.8, 4) is 0 Å². The fourth-order valence-corrected chi connectivity index (χ4v) is 3.27. The molecule has 0 spiro atoms. The SMILES string of the molecule is Cc1ccccc1C(=O)Nc1nn(Cc2ccc(Cl)cc2Cl)cc1Br. The summed E-state index contributed by atoms with van der Waals surface area (Å²) >= 11 is 15.5. The molecule has 2 aromatic carbocycles. The van der Waals surface area contributed by atoms with Crippen LogP contribution in [0.2, 0.25) is 10.0 Å². The smallest absolute Gasteiger partial charge is 0.257 e. The van der Waals surface area contributed by atoms with Gasteiger partial charge >= 0.3 is 0 Å². The van der Waals surface area contributed by atoms with E-state index in [-0.39, 0.29) is 5.91 Å². The third-order valence-corrected chi connectivity index (χ3v) is 4.85. The lowest BCUT2D eigenvalue weighted by Gasteiger charge is -2.06. The van der Waals surface area contributed by atoms with E-state index in [1.807, 2.05) is 31.2 Å². The Morgan fingerprint density at radius 1 is 1.24 bits per heavy atom. The van der Waals surface area contributed by atoms with E-state index in [1.54, 1.807) is 29.1 Å². The second-order valence-corrected chi connectivity index (χ2v) is 7.23. The Labute approximate surface area is 163 Å². The molecule has 1 amide bonds. The topological polar surface area (TPSA) is 46.9 Å². The molecule has 0 bridgehead atoms. The normalized spacial score (nSPS) is 10.7. The van der Waals surface area contributed by atoms with Crippen LogP contribution in [0.3, 0.4) is 0 Å². The van der Waals surface area contributed by atoms with Gasteiger partial charge in [-0.2, -0.15) is 5.10 Å². The zero-order chi connectivity index (χ0) is 18.0. The van der Waals surface area contributed by atoms with Crippen LogP contribution in [-0.2, 0) is 6.54 Å². The van der Waals surface area contributed by atoms with Crippen LogP contribution in [0.5, 0.6) is 0 Å². The second-order valence-electron chi connectivity index (χ2n) is 5.53. The molecular formula is C18H14BrCl2N3O. The van der Waals surface area contributed by atoms with E-state index in [4.69, 9.17) is 23.2 Å². The van der Waals surface area contributed by atoms with Crippen LogP contribution in [-0.4, -0.2) is 15.7 Å². The van der Waals surface area contributed by atoms with Crippen LogP contribution in [0.4, 0.5) is 5.82 Å². The number of rotatable bonds is 4. The Hall–Kier alpha value is -1.82. The summed E-state index contributed by atoms with van der Waals surface area (Å²) in [6, 6.07) is 12.7. The summed E-state index contributed by atoms with van der Waals surface area (Å²) in [5.41, 5.74) is 2.41. The Balaban J connectivity index is 1.78. The first-order valence-electron chi connectivity index (χ1n) is 7.48. The number of anilines is 1. The molecule has 0 fully saturated rings. The monoisotopic (exact) mass is 437 g/mol. The molecule has 4 nitrogen and oxygen atoms in total. The Kier molecular flexibility index (Phi) is 5.47. The van der Waals surface area contributed by atoms with Crippen molar-refractivity contribution < 1.29 is 4.79 Å². The minimum Gasteiger partial charge on any atom is -0.304 e. The van der Waals surface area contributed by atoms with E-state index in [1.165, 1.54) is 0 Å². The highest BCUT2D eigenvalue weighted by molar-refractivity contribution is 9.10. The van der Waals surface area contributed by atoms with Gasteiger partial charge in [0.1, 0.15) is 0 Å². The number of halogens is 3. The molecule has 25 heavy (non-hydrogen) atoms. The van der Waals surface area contributed by atoms with Gasteiger partial charge < -0.3 is 5.32 Å². The van der Waals surface area contributed by atoms with Crippen LogP contribution in [0.25, 0.3) is 0 Å². The quantitative estimate of drug-likeness (QED) is 0.579. The summed E-state index contributed by atoms with van der Waals surface area (Å²) in [6.45, 7) is 2.36. The van der Waals surface area contributed by atoms with Gasteiger partial charge in [-0.15, -0.1) is 0 Å². The van der Waals surface area contributed by atoms with Crippen molar-refractivity contribution in [2.24, 2.45) is 0 Å². The molecule has 7 heteroatoms. The maximum absolute atomic E-state index is 12.4. The van der Waals surface area contributed by atoms with E-state index in [0.717, 1.165) is 11.1 Å². The summed E-state index contributed by atoms with van der Waals surface area (Å²) in [4.78, 5) is 12.4. The molecule has 3 rings (SSSR count). The van der Waals surface area contributed by atoms with Crippen LogP contribution in [0, 0.1) is 6.92 Å². The van der Waals surface area contributed by atoms with Gasteiger partial charge in [-0.1, -0.05) is 47.5 Å². The maximum Gasteiger partial charge on any atom is 0.257 e. The lowest BCUT2D eigenvalue weighted by molar-refractivity contribution is 0.102. The number of carbonyl (C=O) groups is 1. The van der Waals surface area contributed by atoms with E-state index in [0.29, 0.717) is 32.4 Å². The average Bonchev–Trinajstić information content (AvgIpc) is 2.90. The van der Waals surface area contributed by atoms with Gasteiger partial charge in [-0.05, 0) is 52.2 Å². The van der Waals surface area contributed by atoms with E-state index >= 15 is 0 Å². The van der Waals surface area contributed by atoms with Crippen molar-refractivity contribution in [3.05, 3.63) is 79.9 Å². The Morgan fingerprint density at radius 2 is 2.00 bits per heavy atom. The van der Waals surface area contributed by atoms with Crippen molar-refractivity contribution in [2.45, 2.75) is 13.5 Å². The predicted molar refractivity (Wildman–Crippen MR) is 105 cm³/mol. The summed E-state index contributed by atoms with van der Waals surface area (Å²) < 4.78 is 2.40. The predicted octanol–water partition coefficient (Wildman–Crippen LogP) is 5.56.